The minimum atomic E-state index is -1.24. The van der Waals surface area contributed by atoms with Crippen molar-refractivity contribution in [3.63, 3.8) is 0 Å². The van der Waals surface area contributed by atoms with Gasteiger partial charge in [0, 0.05) is 5.56 Å². The second-order valence-corrected chi connectivity index (χ2v) is 3.03. The largest absolute Gasteiger partial charge is 0.481 e. The van der Waals surface area contributed by atoms with Gasteiger partial charge < -0.3 is 5.11 Å². The van der Waals surface area contributed by atoms with Crippen LogP contribution in [0.5, 0.6) is 0 Å². The molecule has 0 amide bonds. The predicted molar refractivity (Wildman–Crippen MR) is 48.0 cm³/mol. The van der Waals surface area contributed by atoms with Crippen molar-refractivity contribution < 1.29 is 19.1 Å². The third-order valence-corrected chi connectivity index (χ3v) is 1.86. The molecule has 0 heterocycles. The average Bonchev–Trinajstić information content (AvgIpc) is 2.01. The third-order valence-electron chi connectivity index (χ3n) is 1.54. The summed E-state index contributed by atoms with van der Waals surface area (Å²) < 4.78 is 12.6. The molecule has 0 bridgehead atoms. The molecule has 0 aliphatic heterocycles. The van der Waals surface area contributed by atoms with E-state index >= 15 is 0 Å². The van der Waals surface area contributed by atoms with Gasteiger partial charge in [-0.15, -0.1) is 0 Å². The SMILES string of the molecule is O=C(O)CC(=O)c1ccc(F)cc1Cl. The van der Waals surface area contributed by atoms with Crippen molar-refractivity contribution in [2.75, 3.05) is 0 Å². The fourth-order valence-corrected chi connectivity index (χ4v) is 1.22. The molecule has 0 fully saturated rings. The first-order valence-electron chi connectivity index (χ1n) is 3.70. The molecule has 0 saturated carbocycles. The van der Waals surface area contributed by atoms with Crippen molar-refractivity contribution in [2.24, 2.45) is 0 Å². The van der Waals surface area contributed by atoms with Gasteiger partial charge in [0.05, 0.1) is 5.02 Å². The van der Waals surface area contributed by atoms with Crippen LogP contribution in [0.1, 0.15) is 16.8 Å². The maximum Gasteiger partial charge on any atom is 0.311 e. The Morgan fingerprint density at radius 3 is 2.57 bits per heavy atom. The molecule has 74 valence electrons. The highest BCUT2D eigenvalue weighted by Gasteiger charge is 2.14. The minimum absolute atomic E-state index is 0.0236. The van der Waals surface area contributed by atoms with E-state index in [0.717, 1.165) is 12.1 Å². The molecule has 14 heavy (non-hydrogen) atoms. The maximum absolute atomic E-state index is 12.6. The van der Waals surface area contributed by atoms with Gasteiger partial charge in [-0.25, -0.2) is 4.39 Å². The molecule has 0 spiro atoms. The lowest BCUT2D eigenvalue weighted by atomic mass is 10.1. The van der Waals surface area contributed by atoms with E-state index in [1.807, 2.05) is 0 Å². The Labute approximate surface area is 84.1 Å². The van der Waals surface area contributed by atoms with Gasteiger partial charge in [-0.05, 0) is 18.2 Å². The number of ketones is 1. The van der Waals surface area contributed by atoms with Gasteiger partial charge in [0.15, 0.2) is 5.78 Å². The highest BCUT2D eigenvalue weighted by molar-refractivity contribution is 6.34. The Kier molecular flexibility index (Phi) is 3.19. The number of halogens is 2. The lowest BCUT2D eigenvalue weighted by Gasteiger charge is -2.00. The van der Waals surface area contributed by atoms with Gasteiger partial charge in [0.2, 0.25) is 0 Å². The van der Waals surface area contributed by atoms with Gasteiger partial charge in [0.1, 0.15) is 12.2 Å². The topological polar surface area (TPSA) is 54.4 Å². The van der Waals surface area contributed by atoms with E-state index in [1.165, 1.54) is 6.07 Å². The molecule has 0 unspecified atom stereocenters. The van der Waals surface area contributed by atoms with Crippen LogP contribution in [0.2, 0.25) is 5.02 Å². The van der Waals surface area contributed by atoms with Crippen molar-refractivity contribution in [1.82, 2.24) is 0 Å². The van der Waals surface area contributed by atoms with Crippen LogP contribution in [-0.2, 0) is 4.79 Å². The smallest absolute Gasteiger partial charge is 0.311 e. The zero-order valence-electron chi connectivity index (χ0n) is 6.96. The lowest BCUT2D eigenvalue weighted by Crippen LogP contribution is -2.07. The third kappa shape index (κ3) is 2.53. The van der Waals surface area contributed by atoms with Crippen LogP contribution in [0.15, 0.2) is 18.2 Å². The second kappa shape index (κ2) is 4.19. The van der Waals surface area contributed by atoms with E-state index in [9.17, 15) is 14.0 Å². The first-order valence-corrected chi connectivity index (χ1v) is 4.08. The van der Waals surface area contributed by atoms with Crippen molar-refractivity contribution in [3.05, 3.63) is 34.6 Å². The van der Waals surface area contributed by atoms with E-state index in [-0.39, 0.29) is 10.6 Å². The van der Waals surface area contributed by atoms with Gasteiger partial charge in [-0.2, -0.15) is 0 Å². The van der Waals surface area contributed by atoms with Crippen molar-refractivity contribution in [2.45, 2.75) is 6.42 Å². The number of hydrogen-bond acceptors (Lipinski definition) is 2. The molecule has 0 atom stereocenters. The Morgan fingerprint density at radius 2 is 2.07 bits per heavy atom. The fraction of sp³-hybridized carbons (Fsp3) is 0.111. The van der Waals surface area contributed by atoms with Crippen LogP contribution in [0.4, 0.5) is 4.39 Å². The monoisotopic (exact) mass is 216 g/mol. The summed E-state index contributed by atoms with van der Waals surface area (Å²) in [5.41, 5.74) is 0.0236. The average molecular weight is 217 g/mol. The van der Waals surface area contributed by atoms with Crippen LogP contribution >= 0.6 is 11.6 Å². The molecule has 1 rings (SSSR count). The van der Waals surface area contributed by atoms with Crippen LogP contribution in [0.25, 0.3) is 0 Å². The minimum Gasteiger partial charge on any atom is -0.481 e. The van der Waals surface area contributed by atoms with E-state index in [4.69, 9.17) is 16.7 Å². The first-order chi connectivity index (χ1) is 6.50. The number of carbonyl (C=O) groups is 2. The van der Waals surface area contributed by atoms with Gasteiger partial charge in [-0.3, -0.25) is 9.59 Å². The predicted octanol–water partition coefficient (Wildman–Crippen LogP) is 2.14. The molecule has 0 saturated heterocycles. The van der Waals surface area contributed by atoms with Crippen LogP contribution in [0, 0.1) is 5.82 Å². The molecule has 0 aliphatic carbocycles. The van der Waals surface area contributed by atoms with E-state index in [2.05, 4.69) is 0 Å². The maximum atomic E-state index is 12.6. The number of carbonyl (C=O) groups excluding carboxylic acids is 1. The van der Waals surface area contributed by atoms with Crippen molar-refractivity contribution in [1.29, 1.82) is 0 Å². The molecule has 1 aromatic carbocycles. The number of benzene rings is 1. The Bertz CT molecular complexity index is 390. The zero-order valence-corrected chi connectivity index (χ0v) is 7.71. The summed E-state index contributed by atoms with van der Waals surface area (Å²) in [7, 11) is 0. The van der Waals surface area contributed by atoms with Crippen LogP contribution < -0.4 is 0 Å². The number of carboxylic acid groups (broad SMARTS) is 1. The molecule has 1 aromatic rings. The van der Waals surface area contributed by atoms with Gasteiger partial charge >= 0.3 is 5.97 Å². The van der Waals surface area contributed by atoms with Crippen molar-refractivity contribution in [3.8, 4) is 0 Å². The molecule has 0 radical (unpaired) electrons. The van der Waals surface area contributed by atoms with E-state index in [1.54, 1.807) is 0 Å². The molecule has 0 aliphatic rings. The van der Waals surface area contributed by atoms with E-state index < -0.39 is 24.0 Å². The van der Waals surface area contributed by atoms with Gasteiger partial charge in [-0.1, -0.05) is 11.6 Å². The summed E-state index contributed by atoms with van der Waals surface area (Å²) in [6.45, 7) is 0. The number of hydrogen-bond donors (Lipinski definition) is 1. The van der Waals surface area contributed by atoms with Crippen LogP contribution in [-0.4, -0.2) is 16.9 Å². The normalized spacial score (nSPS) is 9.86. The number of aliphatic carboxylic acids is 1. The number of Topliss-reactive ketones (excluding diaryl/α,β-unsaturated/α-hetero) is 1. The summed E-state index contributed by atoms with van der Waals surface area (Å²) in [4.78, 5) is 21.4. The molecule has 1 N–H and O–H groups in total. The molecular formula is C9H6ClFO3. The Balaban J connectivity index is 2.96. The molecule has 5 heteroatoms. The number of carboxylic acids is 1. The first kappa shape index (κ1) is 10.7. The standard InChI is InChI=1S/C9H6ClFO3/c10-7-3-5(11)1-2-6(7)8(12)4-9(13)14/h1-3H,4H2,(H,13,14). The Hall–Kier alpha value is -1.42. The summed E-state index contributed by atoms with van der Waals surface area (Å²) in [6, 6.07) is 3.19. The molecule has 0 aromatic heterocycles. The fourth-order valence-electron chi connectivity index (χ4n) is 0.948. The van der Waals surface area contributed by atoms with Crippen LogP contribution in [0.3, 0.4) is 0 Å². The molecular weight excluding hydrogens is 211 g/mol. The highest BCUT2D eigenvalue weighted by atomic mass is 35.5. The summed E-state index contributed by atoms with van der Waals surface area (Å²) in [5, 5.41) is 8.28. The molecule has 3 nitrogen and oxygen atoms in total. The Morgan fingerprint density at radius 1 is 1.43 bits per heavy atom. The summed E-state index contributed by atoms with van der Waals surface area (Å²) in [6.07, 6.45) is -0.647. The van der Waals surface area contributed by atoms with Gasteiger partial charge in [0.25, 0.3) is 0 Å². The van der Waals surface area contributed by atoms with E-state index in [0.29, 0.717) is 0 Å². The highest BCUT2D eigenvalue weighted by Crippen LogP contribution is 2.18. The number of rotatable bonds is 3. The van der Waals surface area contributed by atoms with Crippen molar-refractivity contribution >= 4 is 23.4 Å². The summed E-state index contributed by atoms with van der Waals surface area (Å²) in [5.74, 6) is -2.44. The zero-order chi connectivity index (χ0) is 10.7. The quantitative estimate of drug-likeness (QED) is 0.622. The lowest BCUT2D eigenvalue weighted by molar-refractivity contribution is -0.135. The second-order valence-electron chi connectivity index (χ2n) is 2.62. The summed E-state index contributed by atoms with van der Waals surface area (Å²) >= 11 is 5.55.